The molecule has 0 bridgehead atoms. The number of ketones is 1. The van der Waals surface area contributed by atoms with Gasteiger partial charge in [0.1, 0.15) is 0 Å². The molecule has 1 aromatic rings. The van der Waals surface area contributed by atoms with Gasteiger partial charge >= 0.3 is 17.9 Å². The van der Waals surface area contributed by atoms with Gasteiger partial charge in [-0.2, -0.15) is 0 Å². The monoisotopic (exact) mass is 437 g/mol. The summed E-state index contributed by atoms with van der Waals surface area (Å²) in [5.74, 6) is -3.20. The van der Waals surface area contributed by atoms with E-state index in [-0.39, 0.29) is 51.5 Å². The highest BCUT2D eigenvalue weighted by atomic mass is 16.4. The Hall–Kier alpha value is -2.82. The van der Waals surface area contributed by atoms with Crippen LogP contribution in [0.25, 0.3) is 0 Å². The van der Waals surface area contributed by atoms with Crippen molar-refractivity contribution in [2.24, 2.45) is 0 Å². The van der Waals surface area contributed by atoms with Crippen molar-refractivity contribution in [1.29, 1.82) is 0 Å². The third-order valence-electron chi connectivity index (χ3n) is 4.63. The van der Waals surface area contributed by atoms with E-state index in [2.05, 4.69) is 0 Å². The Morgan fingerprint density at radius 3 is 1.65 bits per heavy atom. The molecule has 0 saturated carbocycles. The number of likely N-dealkylation sites (N-methyl/N-ethyl adjacent to an activating group) is 1. The second-order valence-electron chi connectivity index (χ2n) is 7.24. The summed E-state index contributed by atoms with van der Waals surface area (Å²) < 4.78 is 0. The Morgan fingerprint density at radius 1 is 0.677 bits per heavy atom. The van der Waals surface area contributed by atoms with Crippen LogP contribution in [-0.2, 0) is 25.6 Å². The van der Waals surface area contributed by atoms with Crippen molar-refractivity contribution in [3.8, 4) is 0 Å². The predicted octanol–water partition coefficient (Wildman–Crippen LogP) is -0.0221. The third-order valence-corrected chi connectivity index (χ3v) is 4.63. The molecule has 0 amide bonds. The van der Waals surface area contributed by atoms with Crippen LogP contribution in [-0.4, -0.2) is 113 Å². The number of carboxylic acid groups (broad SMARTS) is 3. The summed E-state index contributed by atoms with van der Waals surface area (Å²) in [5, 5.41) is 27.3. The first-order valence-corrected chi connectivity index (χ1v) is 10.1. The van der Waals surface area contributed by atoms with Gasteiger partial charge in [0.25, 0.3) is 0 Å². The summed E-state index contributed by atoms with van der Waals surface area (Å²) in [6.07, 6.45) is 0.191. The average molecular weight is 437 g/mol. The molecule has 0 saturated heterocycles. The highest BCUT2D eigenvalue weighted by molar-refractivity contribution is 5.83. The normalized spacial score (nSPS) is 11.2. The zero-order chi connectivity index (χ0) is 23.2. The minimum Gasteiger partial charge on any atom is -0.480 e. The summed E-state index contributed by atoms with van der Waals surface area (Å²) >= 11 is 0. The number of carbonyl (C=O) groups is 4. The van der Waals surface area contributed by atoms with Gasteiger partial charge in [-0.25, -0.2) is 0 Å². The molecule has 0 radical (unpaired) electrons. The maximum absolute atomic E-state index is 12.4. The van der Waals surface area contributed by atoms with Gasteiger partial charge in [-0.1, -0.05) is 37.3 Å². The summed E-state index contributed by atoms with van der Waals surface area (Å²) in [7, 11) is 0. The molecule has 3 N–H and O–H groups in total. The van der Waals surface area contributed by atoms with Crippen LogP contribution in [0, 0.1) is 0 Å². The fraction of sp³-hybridized carbons (Fsp3) is 0.524. The van der Waals surface area contributed by atoms with Crippen LogP contribution >= 0.6 is 0 Å². The predicted molar refractivity (Wildman–Crippen MR) is 113 cm³/mol. The van der Waals surface area contributed by atoms with Crippen molar-refractivity contribution in [2.45, 2.75) is 13.3 Å². The quantitative estimate of drug-likeness (QED) is 0.305. The van der Waals surface area contributed by atoms with E-state index in [9.17, 15) is 19.2 Å². The molecule has 0 aliphatic rings. The van der Waals surface area contributed by atoms with E-state index in [1.54, 1.807) is 9.80 Å². The minimum absolute atomic E-state index is 0.0534. The molecule has 1 rings (SSSR count). The molecule has 172 valence electrons. The number of hydrogen-bond acceptors (Lipinski definition) is 7. The lowest BCUT2D eigenvalue weighted by atomic mass is 10.1. The zero-order valence-corrected chi connectivity index (χ0v) is 17.8. The molecule has 0 unspecified atom stereocenters. The number of benzene rings is 1. The first kappa shape index (κ1) is 26.2. The Balaban J connectivity index is 2.67. The van der Waals surface area contributed by atoms with Gasteiger partial charge < -0.3 is 15.3 Å². The van der Waals surface area contributed by atoms with Crippen molar-refractivity contribution in [2.75, 3.05) is 58.9 Å². The first-order valence-electron chi connectivity index (χ1n) is 10.1. The smallest absolute Gasteiger partial charge is 0.317 e. The van der Waals surface area contributed by atoms with Crippen LogP contribution in [0.1, 0.15) is 12.5 Å². The molecule has 10 nitrogen and oxygen atoms in total. The number of carboxylic acids is 3. The summed E-state index contributed by atoms with van der Waals surface area (Å²) in [6, 6.07) is 9.14. The molecule has 10 heteroatoms. The topological polar surface area (TPSA) is 139 Å². The van der Waals surface area contributed by atoms with E-state index in [0.717, 1.165) is 5.56 Å². The van der Waals surface area contributed by atoms with E-state index in [1.165, 1.54) is 4.90 Å². The second-order valence-corrected chi connectivity index (χ2v) is 7.24. The molecular weight excluding hydrogens is 406 g/mol. The molecule has 0 atom stereocenters. The molecule has 0 aromatic heterocycles. The first-order chi connectivity index (χ1) is 14.7. The molecule has 0 aliphatic heterocycles. The van der Waals surface area contributed by atoms with E-state index in [4.69, 9.17) is 15.3 Å². The number of hydrogen-bond donors (Lipinski definition) is 3. The number of carbonyl (C=O) groups excluding carboxylic acids is 1. The van der Waals surface area contributed by atoms with Gasteiger partial charge in [-0.15, -0.1) is 0 Å². The van der Waals surface area contributed by atoms with Crippen molar-refractivity contribution in [3.63, 3.8) is 0 Å². The number of Topliss-reactive ketones (excluding diaryl/α,β-unsaturated/α-hetero) is 1. The number of aliphatic carboxylic acids is 3. The maximum atomic E-state index is 12.4. The van der Waals surface area contributed by atoms with Crippen molar-refractivity contribution in [1.82, 2.24) is 14.7 Å². The van der Waals surface area contributed by atoms with Crippen LogP contribution in [0.2, 0.25) is 0 Å². The van der Waals surface area contributed by atoms with Crippen LogP contribution in [0.3, 0.4) is 0 Å². The molecule has 0 spiro atoms. The molecule has 0 fully saturated rings. The molecule has 1 aromatic carbocycles. The summed E-state index contributed by atoms with van der Waals surface area (Å²) in [5.41, 5.74) is 0.841. The SMILES string of the molecule is CCN(CCN(CCN(CC(=O)O)CC(=O)Cc1ccccc1)CC(=O)O)CC(=O)O. The Morgan fingerprint density at radius 2 is 1.13 bits per heavy atom. The van der Waals surface area contributed by atoms with Gasteiger partial charge in [0.15, 0.2) is 5.78 Å². The van der Waals surface area contributed by atoms with Gasteiger partial charge in [0, 0.05) is 32.6 Å². The van der Waals surface area contributed by atoms with Crippen molar-refractivity contribution >= 4 is 23.7 Å². The molecular formula is C21H31N3O7. The maximum Gasteiger partial charge on any atom is 0.317 e. The standard InChI is InChI=1S/C21H31N3O7/c1-2-22(14-19(26)27)8-9-23(15-20(28)29)10-11-24(16-21(30)31)13-18(25)12-17-6-4-3-5-7-17/h3-7H,2,8-16H2,1H3,(H,26,27)(H,28,29)(H,30,31). The summed E-state index contributed by atoms with van der Waals surface area (Å²) in [6.45, 7) is 2.65. The molecule has 0 aliphatic carbocycles. The van der Waals surface area contributed by atoms with Crippen LogP contribution < -0.4 is 0 Å². The van der Waals surface area contributed by atoms with Gasteiger partial charge in [-0.3, -0.25) is 33.9 Å². The minimum atomic E-state index is -1.07. The van der Waals surface area contributed by atoms with Gasteiger partial charge in [-0.05, 0) is 12.1 Å². The molecule has 0 heterocycles. The lowest BCUT2D eigenvalue weighted by Crippen LogP contribution is -2.44. The van der Waals surface area contributed by atoms with Crippen LogP contribution in [0.5, 0.6) is 0 Å². The van der Waals surface area contributed by atoms with Gasteiger partial charge in [0.2, 0.25) is 0 Å². The highest BCUT2D eigenvalue weighted by Gasteiger charge is 2.18. The fourth-order valence-electron chi connectivity index (χ4n) is 3.10. The lowest BCUT2D eigenvalue weighted by molar-refractivity contribution is -0.140. The third kappa shape index (κ3) is 12.5. The number of nitrogens with zero attached hydrogens (tertiary/aromatic N) is 3. The average Bonchev–Trinajstić information content (AvgIpc) is 2.68. The van der Waals surface area contributed by atoms with E-state index >= 15 is 0 Å². The van der Waals surface area contributed by atoms with E-state index in [1.807, 2.05) is 37.3 Å². The second kappa shape index (κ2) is 14.2. The Kier molecular flexibility index (Phi) is 12.0. The Bertz CT molecular complexity index is 727. The van der Waals surface area contributed by atoms with E-state index in [0.29, 0.717) is 19.6 Å². The molecule has 31 heavy (non-hydrogen) atoms. The van der Waals surface area contributed by atoms with Crippen molar-refractivity contribution < 1.29 is 34.5 Å². The lowest BCUT2D eigenvalue weighted by Gasteiger charge is -2.27. The Labute approximate surface area is 181 Å². The van der Waals surface area contributed by atoms with E-state index < -0.39 is 17.9 Å². The zero-order valence-electron chi connectivity index (χ0n) is 17.8. The highest BCUT2D eigenvalue weighted by Crippen LogP contribution is 2.02. The fourth-order valence-corrected chi connectivity index (χ4v) is 3.10. The largest absolute Gasteiger partial charge is 0.480 e. The van der Waals surface area contributed by atoms with Crippen molar-refractivity contribution in [3.05, 3.63) is 35.9 Å². The number of rotatable bonds is 17. The van der Waals surface area contributed by atoms with Gasteiger partial charge in [0.05, 0.1) is 26.2 Å². The van der Waals surface area contributed by atoms with Crippen LogP contribution in [0.4, 0.5) is 0 Å². The van der Waals surface area contributed by atoms with Crippen LogP contribution in [0.15, 0.2) is 30.3 Å². The summed E-state index contributed by atoms with van der Waals surface area (Å²) in [4.78, 5) is 50.5.